The van der Waals surface area contributed by atoms with E-state index in [-0.39, 0.29) is 36.2 Å². The van der Waals surface area contributed by atoms with Crippen molar-refractivity contribution in [2.24, 2.45) is 35.5 Å². The van der Waals surface area contributed by atoms with Gasteiger partial charge in [-0.25, -0.2) is 4.79 Å². The number of cyclic esters (lactones) is 1. The third-order valence-electron chi connectivity index (χ3n) is 8.44. The van der Waals surface area contributed by atoms with Crippen LogP contribution in [-0.4, -0.2) is 66.3 Å². The number of aliphatic hydroxyl groups excluding tert-OH is 1. The summed E-state index contributed by atoms with van der Waals surface area (Å²) in [6.07, 6.45) is 6.43. The van der Waals surface area contributed by atoms with Gasteiger partial charge in [0.1, 0.15) is 23.5 Å². The average Bonchev–Trinajstić information content (AvgIpc) is 3.43. The predicted molar refractivity (Wildman–Crippen MR) is 126 cm³/mol. The summed E-state index contributed by atoms with van der Waals surface area (Å²) in [5.41, 5.74) is 0.424. The third kappa shape index (κ3) is 3.69. The first kappa shape index (κ1) is 24.3. The molecule has 1 aromatic heterocycles. The quantitative estimate of drug-likeness (QED) is 0.488. The minimum atomic E-state index is -0.901. The molecule has 8 heteroatoms. The molecule has 4 bridgehead atoms. The molecule has 4 aliphatic rings. The van der Waals surface area contributed by atoms with Gasteiger partial charge in [0.25, 0.3) is 0 Å². The lowest BCUT2D eigenvalue weighted by atomic mass is 9.56. The van der Waals surface area contributed by atoms with E-state index in [0.29, 0.717) is 18.7 Å². The van der Waals surface area contributed by atoms with Crippen LogP contribution in [0.3, 0.4) is 0 Å². The second-order valence-electron chi connectivity index (χ2n) is 10.4. The van der Waals surface area contributed by atoms with Gasteiger partial charge < -0.3 is 29.0 Å². The lowest BCUT2D eigenvalue weighted by molar-refractivity contribution is -0.156. The first-order valence-corrected chi connectivity index (χ1v) is 12.6. The van der Waals surface area contributed by atoms with E-state index >= 15 is 0 Å². The molecule has 2 fully saturated rings. The second kappa shape index (κ2) is 9.22. The zero-order chi connectivity index (χ0) is 24.9. The Labute approximate surface area is 205 Å². The van der Waals surface area contributed by atoms with Crippen LogP contribution in [0.1, 0.15) is 37.7 Å². The molecule has 2 N–H and O–H groups in total. The Morgan fingerprint density at radius 3 is 2.83 bits per heavy atom. The fourth-order valence-corrected chi connectivity index (χ4v) is 6.99. The van der Waals surface area contributed by atoms with Crippen LogP contribution in [-0.2, 0) is 23.7 Å². The number of hydrogen-bond acceptors (Lipinski definition) is 7. The lowest BCUT2D eigenvalue weighted by Gasteiger charge is -2.49. The van der Waals surface area contributed by atoms with Gasteiger partial charge in [-0.2, -0.15) is 0 Å². The Hall–Kier alpha value is -2.42. The maximum absolute atomic E-state index is 13.1. The third-order valence-corrected chi connectivity index (χ3v) is 8.44. The highest BCUT2D eigenvalue weighted by Gasteiger charge is 2.70. The molecule has 0 radical (unpaired) electrons. The first-order valence-electron chi connectivity index (χ1n) is 12.6. The van der Waals surface area contributed by atoms with E-state index in [1.54, 1.807) is 25.4 Å². The van der Waals surface area contributed by atoms with Crippen LogP contribution in [0, 0.1) is 35.5 Å². The maximum Gasteiger partial charge on any atom is 0.355 e. The van der Waals surface area contributed by atoms with Gasteiger partial charge in [0.15, 0.2) is 0 Å². The number of esters is 2. The number of rotatable bonds is 5. The Bertz CT molecular complexity index is 1020. The zero-order valence-corrected chi connectivity index (χ0v) is 20.7. The van der Waals surface area contributed by atoms with E-state index in [9.17, 15) is 14.7 Å². The molecule has 8 nitrogen and oxygen atoms in total. The van der Waals surface area contributed by atoms with Gasteiger partial charge in [-0.05, 0) is 31.1 Å². The molecule has 1 spiro atoms. The van der Waals surface area contributed by atoms with E-state index < -0.39 is 41.7 Å². The van der Waals surface area contributed by atoms with Crippen LogP contribution >= 0.6 is 0 Å². The molecule has 2 aliphatic carbocycles. The zero-order valence-electron chi connectivity index (χ0n) is 20.7. The van der Waals surface area contributed by atoms with Crippen molar-refractivity contribution >= 4 is 11.9 Å². The molecule has 0 amide bonds. The van der Waals surface area contributed by atoms with Crippen molar-refractivity contribution in [3.63, 3.8) is 0 Å². The van der Waals surface area contributed by atoms with Crippen LogP contribution < -0.4 is 0 Å². The Kier molecular flexibility index (Phi) is 6.40. The molecule has 3 heterocycles. The van der Waals surface area contributed by atoms with Crippen molar-refractivity contribution in [1.82, 2.24) is 4.98 Å². The smallest absolute Gasteiger partial charge is 0.355 e. The molecule has 0 unspecified atom stereocenters. The van der Waals surface area contributed by atoms with Crippen molar-refractivity contribution < 1.29 is 33.6 Å². The maximum atomic E-state index is 13.1. The minimum absolute atomic E-state index is 0.00593. The van der Waals surface area contributed by atoms with Crippen molar-refractivity contribution in [3.05, 3.63) is 47.8 Å². The largest absolute Gasteiger partial charge is 0.465 e. The molecule has 2 aliphatic heterocycles. The summed E-state index contributed by atoms with van der Waals surface area (Å²) < 4.78 is 24.1. The van der Waals surface area contributed by atoms with Crippen LogP contribution in [0.4, 0.5) is 0 Å². The molecule has 1 saturated heterocycles. The number of aliphatic hydroxyl groups is 1. The number of H-pyrrole nitrogens is 1. The normalized spacial score (nSPS) is 43.7. The van der Waals surface area contributed by atoms with E-state index in [1.165, 1.54) is 0 Å². The topological polar surface area (TPSA) is 107 Å². The molecule has 0 aromatic carbocycles. The van der Waals surface area contributed by atoms with E-state index in [0.717, 1.165) is 5.57 Å². The van der Waals surface area contributed by atoms with Crippen molar-refractivity contribution in [2.45, 2.75) is 51.1 Å². The molecular formula is C27H35NO7. The van der Waals surface area contributed by atoms with Crippen molar-refractivity contribution in [1.29, 1.82) is 0 Å². The SMILES string of the molecule is CC[C@H]1C(=O)OC[C@H](C)/C=C(\C)[C@]23O[C@@H]4[C@H](C=C[C@H]12)[C@H]3[C@H](O)[C@@H](COC)[C@H]4OC(=O)c1ccc[nH]1. The molecule has 35 heavy (non-hydrogen) atoms. The first-order chi connectivity index (χ1) is 16.8. The number of ether oxygens (including phenoxy) is 4. The number of carbonyl (C=O) groups is 2. The fourth-order valence-electron chi connectivity index (χ4n) is 6.99. The van der Waals surface area contributed by atoms with Gasteiger partial charge >= 0.3 is 11.9 Å². The summed E-state index contributed by atoms with van der Waals surface area (Å²) in [6.45, 7) is 6.54. The summed E-state index contributed by atoms with van der Waals surface area (Å²) in [7, 11) is 1.58. The van der Waals surface area contributed by atoms with E-state index in [1.807, 2.05) is 20.8 Å². The van der Waals surface area contributed by atoms with Gasteiger partial charge in [-0.3, -0.25) is 4.79 Å². The Morgan fingerprint density at radius 1 is 1.34 bits per heavy atom. The molecule has 10 atom stereocenters. The van der Waals surface area contributed by atoms with Crippen LogP contribution in [0.25, 0.3) is 0 Å². The van der Waals surface area contributed by atoms with Gasteiger partial charge in [0.2, 0.25) is 0 Å². The monoisotopic (exact) mass is 485 g/mol. The summed E-state index contributed by atoms with van der Waals surface area (Å²) in [5, 5.41) is 11.8. The Balaban J connectivity index is 1.61. The number of aromatic nitrogens is 1. The number of aromatic amines is 1. The molecule has 1 saturated carbocycles. The summed E-state index contributed by atoms with van der Waals surface area (Å²) in [4.78, 5) is 29.0. The fraction of sp³-hybridized carbons (Fsp3) is 0.630. The summed E-state index contributed by atoms with van der Waals surface area (Å²) in [6, 6.07) is 3.39. The van der Waals surface area contributed by atoms with E-state index in [4.69, 9.17) is 18.9 Å². The Morgan fingerprint density at radius 2 is 2.14 bits per heavy atom. The van der Waals surface area contributed by atoms with Crippen molar-refractivity contribution in [2.75, 3.05) is 20.3 Å². The van der Waals surface area contributed by atoms with Crippen LogP contribution in [0.2, 0.25) is 0 Å². The standard InChI is InChI=1S/C27H35NO7/c1-5-16-19-9-8-17-21-22(29)18(13-32-4)23(34-26(31)20-7-6-10-28-20)24(17)35-27(19,21)15(3)11-14(2)12-33-25(16)30/h6-11,14,16-19,21-24,28-29H,5,12-13H2,1-4H3/b15-11+/t14-,16-,17-,18-,19-,21+,22-,23-,24-,27+/m1/s1. The highest BCUT2D eigenvalue weighted by atomic mass is 16.6. The predicted octanol–water partition coefficient (Wildman–Crippen LogP) is 2.90. The molecule has 1 aromatic rings. The van der Waals surface area contributed by atoms with Crippen LogP contribution in [0.15, 0.2) is 42.1 Å². The summed E-state index contributed by atoms with van der Waals surface area (Å²) in [5.74, 6) is -2.38. The highest BCUT2D eigenvalue weighted by Crippen LogP contribution is 2.62. The minimum Gasteiger partial charge on any atom is -0.465 e. The number of nitrogens with one attached hydrogen (secondary N) is 1. The van der Waals surface area contributed by atoms with Gasteiger partial charge in [-0.1, -0.05) is 32.1 Å². The van der Waals surface area contributed by atoms with Crippen LogP contribution in [0.5, 0.6) is 0 Å². The number of hydrogen-bond donors (Lipinski definition) is 2. The van der Waals surface area contributed by atoms with Gasteiger partial charge in [0, 0.05) is 42.9 Å². The number of methoxy groups -OCH3 is 1. The highest BCUT2D eigenvalue weighted by molar-refractivity contribution is 5.87. The summed E-state index contributed by atoms with van der Waals surface area (Å²) >= 11 is 0. The lowest BCUT2D eigenvalue weighted by Crippen LogP contribution is -2.59. The van der Waals surface area contributed by atoms with Gasteiger partial charge in [0.05, 0.1) is 25.2 Å². The molecular weight excluding hydrogens is 450 g/mol. The molecule has 5 rings (SSSR count). The molecule has 190 valence electrons. The van der Waals surface area contributed by atoms with Crippen molar-refractivity contribution in [3.8, 4) is 0 Å². The average molecular weight is 486 g/mol. The second-order valence-corrected chi connectivity index (χ2v) is 10.4. The van der Waals surface area contributed by atoms with Gasteiger partial charge in [-0.15, -0.1) is 0 Å². The number of carbonyl (C=O) groups excluding carboxylic acids is 2. The van der Waals surface area contributed by atoms with E-state index in [2.05, 4.69) is 23.2 Å².